The Balaban J connectivity index is 1.63. The number of aliphatic imine (C=N–C) groups is 1. The first-order valence-electron chi connectivity index (χ1n) is 8.97. The maximum absolute atomic E-state index is 13.4. The molecule has 26 heavy (non-hydrogen) atoms. The molecular weight excluding hydrogens is 331 g/mol. The first-order chi connectivity index (χ1) is 12.7. The van der Waals surface area contributed by atoms with Gasteiger partial charge in [-0.2, -0.15) is 0 Å². The molecule has 0 atom stereocenters. The van der Waals surface area contributed by atoms with Gasteiger partial charge < -0.3 is 15.1 Å². The molecule has 138 valence electrons. The number of hydrogen-bond acceptors (Lipinski definition) is 4. The van der Waals surface area contributed by atoms with Gasteiger partial charge >= 0.3 is 0 Å². The van der Waals surface area contributed by atoms with Gasteiger partial charge in [-0.05, 0) is 37.1 Å². The van der Waals surface area contributed by atoms with Crippen LogP contribution in [0.2, 0.25) is 0 Å². The molecule has 0 spiro atoms. The van der Waals surface area contributed by atoms with E-state index in [1.165, 1.54) is 6.07 Å². The average Bonchev–Trinajstić information content (AvgIpc) is 2.68. The lowest BCUT2D eigenvalue weighted by Crippen LogP contribution is -2.52. The average molecular weight is 356 g/mol. The lowest BCUT2D eigenvalue weighted by atomic mass is 10.1. The van der Waals surface area contributed by atoms with Crippen molar-refractivity contribution in [3.8, 4) is 0 Å². The van der Waals surface area contributed by atoms with Gasteiger partial charge in [-0.25, -0.2) is 19.4 Å². The van der Waals surface area contributed by atoms with E-state index in [-0.39, 0.29) is 5.82 Å². The van der Waals surface area contributed by atoms with E-state index in [9.17, 15) is 4.39 Å². The molecule has 1 aliphatic heterocycles. The molecule has 6 nitrogen and oxygen atoms in total. The minimum absolute atomic E-state index is 0.177. The third-order valence-corrected chi connectivity index (χ3v) is 4.38. The van der Waals surface area contributed by atoms with Gasteiger partial charge in [-0.15, -0.1) is 0 Å². The van der Waals surface area contributed by atoms with Crippen LogP contribution in [0.1, 0.15) is 18.1 Å². The van der Waals surface area contributed by atoms with E-state index in [2.05, 4.69) is 32.0 Å². The van der Waals surface area contributed by atoms with Crippen molar-refractivity contribution in [3.63, 3.8) is 0 Å². The number of benzene rings is 1. The van der Waals surface area contributed by atoms with Gasteiger partial charge in [0.15, 0.2) is 5.96 Å². The number of hydrogen-bond donors (Lipinski definition) is 1. The van der Waals surface area contributed by atoms with Crippen LogP contribution in [-0.4, -0.2) is 53.6 Å². The van der Waals surface area contributed by atoms with Crippen molar-refractivity contribution < 1.29 is 4.39 Å². The zero-order chi connectivity index (χ0) is 18.4. The Bertz CT molecular complexity index is 741. The van der Waals surface area contributed by atoms with Crippen molar-refractivity contribution in [2.24, 2.45) is 4.99 Å². The van der Waals surface area contributed by atoms with Gasteiger partial charge in [0.2, 0.25) is 5.95 Å². The number of nitrogens with one attached hydrogen (secondary N) is 1. The summed E-state index contributed by atoms with van der Waals surface area (Å²) < 4.78 is 13.4. The van der Waals surface area contributed by atoms with Gasteiger partial charge in [0, 0.05) is 45.1 Å². The molecule has 0 aliphatic carbocycles. The highest BCUT2D eigenvalue weighted by molar-refractivity contribution is 5.80. The Morgan fingerprint density at radius 1 is 1.19 bits per heavy atom. The van der Waals surface area contributed by atoms with Crippen LogP contribution >= 0.6 is 0 Å². The maximum Gasteiger partial charge on any atom is 0.225 e. The predicted octanol–water partition coefficient (Wildman–Crippen LogP) is 2.21. The minimum Gasteiger partial charge on any atom is -0.357 e. The second-order valence-electron chi connectivity index (χ2n) is 6.28. The van der Waals surface area contributed by atoms with E-state index in [1.807, 2.05) is 12.1 Å². The third kappa shape index (κ3) is 4.47. The fourth-order valence-corrected chi connectivity index (χ4v) is 2.97. The molecule has 1 N–H and O–H groups in total. The number of piperazine rings is 1. The standard InChI is InChI=1S/C19H25FN6/c1-3-21-18(24-14-16-5-6-17(20)15(2)13-16)25-9-11-26(12-10-25)19-22-7-4-8-23-19/h4-8,13H,3,9-12,14H2,1-2H3,(H,21,24). The van der Waals surface area contributed by atoms with Gasteiger partial charge in [-0.1, -0.05) is 12.1 Å². The van der Waals surface area contributed by atoms with Crippen molar-refractivity contribution in [3.05, 3.63) is 53.6 Å². The molecule has 2 aromatic rings. The van der Waals surface area contributed by atoms with Gasteiger partial charge in [-0.3, -0.25) is 0 Å². The first-order valence-corrected chi connectivity index (χ1v) is 8.97. The summed E-state index contributed by atoms with van der Waals surface area (Å²) in [7, 11) is 0. The molecule has 0 saturated carbocycles. The van der Waals surface area contributed by atoms with Crippen molar-refractivity contribution in [2.45, 2.75) is 20.4 Å². The SMILES string of the molecule is CCNC(=NCc1ccc(F)c(C)c1)N1CCN(c2ncccn2)CC1. The number of aryl methyl sites for hydroxylation is 1. The molecule has 2 heterocycles. The highest BCUT2D eigenvalue weighted by Crippen LogP contribution is 2.12. The summed E-state index contributed by atoms with van der Waals surface area (Å²) in [6.45, 7) is 8.59. The molecule has 0 radical (unpaired) electrons. The fourth-order valence-electron chi connectivity index (χ4n) is 2.97. The molecule has 1 aliphatic rings. The van der Waals surface area contributed by atoms with E-state index in [4.69, 9.17) is 4.99 Å². The zero-order valence-electron chi connectivity index (χ0n) is 15.3. The van der Waals surface area contributed by atoms with Gasteiger partial charge in [0.1, 0.15) is 5.82 Å². The third-order valence-electron chi connectivity index (χ3n) is 4.38. The van der Waals surface area contributed by atoms with Gasteiger partial charge in [0.25, 0.3) is 0 Å². The van der Waals surface area contributed by atoms with Crippen LogP contribution in [0.4, 0.5) is 10.3 Å². The summed E-state index contributed by atoms with van der Waals surface area (Å²) in [4.78, 5) is 17.8. The van der Waals surface area contributed by atoms with Crippen LogP contribution in [-0.2, 0) is 6.54 Å². The summed E-state index contributed by atoms with van der Waals surface area (Å²) >= 11 is 0. The number of nitrogens with zero attached hydrogens (tertiary/aromatic N) is 5. The highest BCUT2D eigenvalue weighted by Gasteiger charge is 2.21. The molecule has 0 amide bonds. The van der Waals surface area contributed by atoms with Crippen LogP contribution in [0.5, 0.6) is 0 Å². The van der Waals surface area contributed by atoms with Crippen molar-refractivity contribution in [2.75, 3.05) is 37.6 Å². The summed E-state index contributed by atoms with van der Waals surface area (Å²) in [5, 5.41) is 3.36. The summed E-state index contributed by atoms with van der Waals surface area (Å²) in [6.07, 6.45) is 3.54. The first kappa shape index (κ1) is 18.1. The largest absolute Gasteiger partial charge is 0.357 e. The summed E-state index contributed by atoms with van der Waals surface area (Å²) in [5.74, 6) is 1.49. The molecule has 1 aromatic carbocycles. The molecular formula is C19H25FN6. The molecule has 0 bridgehead atoms. The zero-order valence-corrected chi connectivity index (χ0v) is 15.3. The van der Waals surface area contributed by atoms with Crippen LogP contribution in [0.3, 0.4) is 0 Å². The fraction of sp³-hybridized carbons (Fsp3) is 0.421. The van der Waals surface area contributed by atoms with E-state index in [0.717, 1.165) is 50.2 Å². The van der Waals surface area contributed by atoms with Crippen molar-refractivity contribution in [1.29, 1.82) is 0 Å². The molecule has 7 heteroatoms. The predicted molar refractivity (Wildman–Crippen MR) is 102 cm³/mol. The Labute approximate surface area is 153 Å². The van der Waals surface area contributed by atoms with Crippen LogP contribution in [0.25, 0.3) is 0 Å². The Hall–Kier alpha value is -2.70. The lowest BCUT2D eigenvalue weighted by molar-refractivity contribution is 0.370. The Kier molecular flexibility index (Phi) is 5.99. The monoisotopic (exact) mass is 356 g/mol. The molecule has 1 fully saturated rings. The van der Waals surface area contributed by atoms with E-state index in [1.54, 1.807) is 25.4 Å². The van der Waals surface area contributed by atoms with Crippen LogP contribution in [0.15, 0.2) is 41.7 Å². The quantitative estimate of drug-likeness (QED) is 0.672. The normalized spacial score (nSPS) is 15.3. The number of anilines is 1. The summed E-state index contributed by atoms with van der Waals surface area (Å²) in [5.41, 5.74) is 1.66. The minimum atomic E-state index is -0.177. The molecule has 1 saturated heterocycles. The Morgan fingerprint density at radius 2 is 1.92 bits per heavy atom. The molecule has 3 rings (SSSR count). The van der Waals surface area contributed by atoms with Gasteiger partial charge in [0.05, 0.1) is 6.54 Å². The highest BCUT2D eigenvalue weighted by atomic mass is 19.1. The number of halogens is 1. The molecule has 0 unspecified atom stereocenters. The Morgan fingerprint density at radius 3 is 2.58 bits per heavy atom. The van der Waals surface area contributed by atoms with Crippen molar-refractivity contribution >= 4 is 11.9 Å². The topological polar surface area (TPSA) is 56.7 Å². The summed E-state index contributed by atoms with van der Waals surface area (Å²) in [6, 6.07) is 6.98. The second kappa shape index (κ2) is 8.60. The number of aromatic nitrogens is 2. The number of rotatable bonds is 4. The number of guanidine groups is 1. The van der Waals surface area contributed by atoms with E-state index in [0.29, 0.717) is 12.1 Å². The van der Waals surface area contributed by atoms with E-state index >= 15 is 0 Å². The van der Waals surface area contributed by atoms with Crippen LogP contribution in [0, 0.1) is 12.7 Å². The van der Waals surface area contributed by atoms with Crippen LogP contribution < -0.4 is 10.2 Å². The second-order valence-corrected chi connectivity index (χ2v) is 6.28. The lowest BCUT2D eigenvalue weighted by Gasteiger charge is -2.36. The molecule has 1 aromatic heterocycles. The van der Waals surface area contributed by atoms with Crippen molar-refractivity contribution in [1.82, 2.24) is 20.2 Å². The smallest absolute Gasteiger partial charge is 0.225 e. The van der Waals surface area contributed by atoms with E-state index < -0.39 is 0 Å². The maximum atomic E-state index is 13.4.